The molecule has 0 amide bonds. The number of aromatic nitrogens is 2. The maximum atomic E-state index is 11.8. The lowest BCUT2D eigenvalue weighted by molar-refractivity contribution is -0.136. The number of hydrogen-bond acceptors (Lipinski definition) is 5. The van der Waals surface area contributed by atoms with E-state index in [0.717, 1.165) is 56.2 Å². The zero-order chi connectivity index (χ0) is 22.5. The van der Waals surface area contributed by atoms with E-state index in [1.807, 2.05) is 49.5 Å². The number of carboxylic acid groups (broad SMARTS) is 1. The lowest BCUT2D eigenvalue weighted by Gasteiger charge is -2.21. The molecule has 0 bridgehead atoms. The van der Waals surface area contributed by atoms with Gasteiger partial charge in [0.15, 0.2) is 0 Å². The van der Waals surface area contributed by atoms with E-state index in [1.165, 1.54) is 18.4 Å². The molecule has 2 aromatic heterocycles. The second-order valence-corrected chi connectivity index (χ2v) is 8.99. The third kappa shape index (κ3) is 3.55. The molecule has 0 spiro atoms. The standard InChI is InChI=1S/C27H24N2O4/c1-15-12-21-18(5-7-23(29-21)33-14-16-2-3-16)26(20(15)13-24(30)31)19-4-6-22-25-17(9-11-32-22)8-10-28-27(19)25/h4-8,10,12,16H,2-3,9,11,13-14H2,1H3,(H,30,31). The van der Waals surface area contributed by atoms with Crippen LogP contribution in [0.25, 0.3) is 32.9 Å². The van der Waals surface area contributed by atoms with E-state index < -0.39 is 5.97 Å². The molecule has 6 rings (SSSR count). The molecule has 2 aliphatic rings. The number of fused-ring (bicyclic) bond motifs is 1. The van der Waals surface area contributed by atoms with Gasteiger partial charge in [0.2, 0.25) is 5.88 Å². The number of pyridine rings is 2. The largest absolute Gasteiger partial charge is 0.493 e. The number of rotatable bonds is 6. The fraction of sp³-hybridized carbons (Fsp3) is 0.296. The molecule has 4 aromatic rings. The average Bonchev–Trinajstić information content (AvgIpc) is 3.64. The highest BCUT2D eigenvalue weighted by Crippen LogP contribution is 2.42. The molecule has 1 aliphatic heterocycles. The van der Waals surface area contributed by atoms with Gasteiger partial charge in [-0.2, -0.15) is 0 Å². The second-order valence-electron chi connectivity index (χ2n) is 8.99. The van der Waals surface area contributed by atoms with Gasteiger partial charge in [-0.3, -0.25) is 9.78 Å². The van der Waals surface area contributed by atoms with Crippen molar-refractivity contribution < 1.29 is 19.4 Å². The summed E-state index contributed by atoms with van der Waals surface area (Å²) < 4.78 is 11.8. The van der Waals surface area contributed by atoms with E-state index in [0.29, 0.717) is 25.0 Å². The minimum absolute atomic E-state index is 0.0729. The van der Waals surface area contributed by atoms with Crippen molar-refractivity contribution in [2.75, 3.05) is 13.2 Å². The molecule has 33 heavy (non-hydrogen) atoms. The van der Waals surface area contributed by atoms with Crippen LogP contribution in [-0.4, -0.2) is 34.3 Å². The van der Waals surface area contributed by atoms with Crippen molar-refractivity contribution in [3.8, 4) is 22.8 Å². The predicted molar refractivity (Wildman–Crippen MR) is 126 cm³/mol. The highest BCUT2D eigenvalue weighted by molar-refractivity contribution is 6.07. The molecule has 1 saturated carbocycles. The topological polar surface area (TPSA) is 81.5 Å². The zero-order valence-corrected chi connectivity index (χ0v) is 18.4. The van der Waals surface area contributed by atoms with Crippen molar-refractivity contribution in [1.82, 2.24) is 9.97 Å². The van der Waals surface area contributed by atoms with Crippen LogP contribution in [0, 0.1) is 12.8 Å². The molecule has 6 nitrogen and oxygen atoms in total. The van der Waals surface area contributed by atoms with Crippen LogP contribution in [0.3, 0.4) is 0 Å². The highest BCUT2D eigenvalue weighted by atomic mass is 16.5. The van der Waals surface area contributed by atoms with Gasteiger partial charge in [-0.15, -0.1) is 0 Å². The Kier molecular flexibility index (Phi) is 4.68. The third-order valence-corrected chi connectivity index (χ3v) is 6.63. The summed E-state index contributed by atoms with van der Waals surface area (Å²) in [6.07, 6.45) is 5.02. The predicted octanol–water partition coefficient (Wildman–Crippen LogP) is 5.11. The first kappa shape index (κ1) is 20.0. The van der Waals surface area contributed by atoms with Gasteiger partial charge in [0.1, 0.15) is 5.75 Å². The first-order chi connectivity index (χ1) is 16.1. The van der Waals surface area contributed by atoms with Crippen LogP contribution in [0.15, 0.2) is 42.6 Å². The maximum Gasteiger partial charge on any atom is 0.307 e. The molecule has 1 aliphatic carbocycles. The molecule has 1 N–H and O–H groups in total. The molecule has 0 saturated heterocycles. The molecule has 0 radical (unpaired) electrons. The normalized spacial score (nSPS) is 14.9. The molecule has 166 valence electrons. The average molecular weight is 440 g/mol. The van der Waals surface area contributed by atoms with E-state index in [-0.39, 0.29) is 6.42 Å². The Hall–Kier alpha value is -3.67. The van der Waals surface area contributed by atoms with E-state index in [2.05, 4.69) is 0 Å². The fourth-order valence-corrected chi connectivity index (χ4v) is 4.79. The molecular weight excluding hydrogens is 416 g/mol. The Morgan fingerprint density at radius 2 is 2.09 bits per heavy atom. The summed E-state index contributed by atoms with van der Waals surface area (Å²) in [4.78, 5) is 21.3. The molecule has 2 aromatic carbocycles. The summed E-state index contributed by atoms with van der Waals surface area (Å²) in [5.41, 5.74) is 6.27. The van der Waals surface area contributed by atoms with Crippen LogP contribution >= 0.6 is 0 Å². The van der Waals surface area contributed by atoms with Crippen LogP contribution in [0.2, 0.25) is 0 Å². The first-order valence-corrected chi connectivity index (χ1v) is 11.4. The molecule has 0 unspecified atom stereocenters. The number of aliphatic carboxylic acids is 1. The summed E-state index contributed by atoms with van der Waals surface area (Å²) >= 11 is 0. The van der Waals surface area contributed by atoms with Gasteiger partial charge >= 0.3 is 5.97 Å². The van der Waals surface area contributed by atoms with Crippen molar-refractivity contribution in [2.45, 2.75) is 32.6 Å². The van der Waals surface area contributed by atoms with Gasteiger partial charge < -0.3 is 14.6 Å². The molecule has 6 heteroatoms. The van der Waals surface area contributed by atoms with Crippen molar-refractivity contribution >= 4 is 27.8 Å². The smallest absolute Gasteiger partial charge is 0.307 e. The van der Waals surface area contributed by atoms with Gasteiger partial charge in [-0.25, -0.2) is 4.98 Å². The van der Waals surface area contributed by atoms with Gasteiger partial charge in [0.25, 0.3) is 0 Å². The Morgan fingerprint density at radius 1 is 1.21 bits per heavy atom. The zero-order valence-electron chi connectivity index (χ0n) is 18.4. The van der Waals surface area contributed by atoms with Crippen LogP contribution in [0.1, 0.15) is 29.5 Å². The Labute approximate surface area is 191 Å². The van der Waals surface area contributed by atoms with Crippen molar-refractivity contribution in [3.63, 3.8) is 0 Å². The monoisotopic (exact) mass is 440 g/mol. The lowest BCUT2D eigenvalue weighted by atomic mass is 9.88. The Bertz CT molecular complexity index is 1420. The minimum Gasteiger partial charge on any atom is -0.493 e. The van der Waals surface area contributed by atoms with Crippen LogP contribution in [0.4, 0.5) is 0 Å². The van der Waals surface area contributed by atoms with Crippen molar-refractivity contribution in [2.24, 2.45) is 5.92 Å². The van der Waals surface area contributed by atoms with Crippen molar-refractivity contribution in [3.05, 3.63) is 59.3 Å². The summed E-state index contributed by atoms with van der Waals surface area (Å²) in [7, 11) is 0. The van der Waals surface area contributed by atoms with E-state index in [4.69, 9.17) is 19.4 Å². The SMILES string of the molecule is Cc1cc2nc(OCC3CC3)ccc2c(-c2ccc3c4c(ccnc24)CCO3)c1CC(=O)O. The fourth-order valence-electron chi connectivity index (χ4n) is 4.79. The van der Waals surface area contributed by atoms with Gasteiger partial charge in [-0.1, -0.05) is 0 Å². The molecular formula is C27H24N2O4. The summed E-state index contributed by atoms with van der Waals surface area (Å²) in [6.45, 7) is 3.29. The van der Waals surface area contributed by atoms with E-state index in [9.17, 15) is 9.90 Å². The Balaban J connectivity index is 1.60. The quantitative estimate of drug-likeness (QED) is 0.449. The number of carbonyl (C=O) groups is 1. The second kappa shape index (κ2) is 7.73. The summed E-state index contributed by atoms with van der Waals surface area (Å²) in [5.74, 6) is 1.21. The number of hydrogen-bond donors (Lipinski definition) is 1. The van der Waals surface area contributed by atoms with Crippen LogP contribution in [-0.2, 0) is 17.6 Å². The first-order valence-electron chi connectivity index (χ1n) is 11.4. The van der Waals surface area contributed by atoms with Crippen LogP contribution in [0.5, 0.6) is 11.6 Å². The molecule has 1 fully saturated rings. The number of ether oxygens (including phenoxy) is 2. The highest BCUT2D eigenvalue weighted by Gasteiger charge is 2.24. The number of benzene rings is 2. The number of carboxylic acids is 1. The molecule has 0 atom stereocenters. The van der Waals surface area contributed by atoms with Crippen LogP contribution < -0.4 is 9.47 Å². The van der Waals surface area contributed by atoms with Crippen molar-refractivity contribution in [1.29, 1.82) is 0 Å². The van der Waals surface area contributed by atoms with Gasteiger partial charge in [-0.05, 0) is 78.3 Å². The van der Waals surface area contributed by atoms with Gasteiger partial charge in [0, 0.05) is 35.0 Å². The maximum absolute atomic E-state index is 11.8. The number of nitrogens with zero attached hydrogens (tertiary/aromatic N) is 2. The van der Waals surface area contributed by atoms with Gasteiger partial charge in [0.05, 0.1) is 30.7 Å². The summed E-state index contributed by atoms with van der Waals surface area (Å²) in [5, 5.41) is 11.6. The third-order valence-electron chi connectivity index (χ3n) is 6.63. The van der Waals surface area contributed by atoms with E-state index >= 15 is 0 Å². The lowest BCUT2D eigenvalue weighted by Crippen LogP contribution is -2.10. The van der Waals surface area contributed by atoms with E-state index in [1.54, 1.807) is 0 Å². The summed E-state index contributed by atoms with van der Waals surface area (Å²) in [6, 6.07) is 11.9. The minimum atomic E-state index is -0.866. The number of aryl methyl sites for hydroxylation is 1. The molecule has 3 heterocycles. The Morgan fingerprint density at radius 3 is 2.91 bits per heavy atom.